The molecule has 0 spiro atoms. The molecule has 1 aliphatic rings. The van der Waals surface area contributed by atoms with E-state index in [1.54, 1.807) is 0 Å². The van der Waals surface area contributed by atoms with Gasteiger partial charge in [-0.15, -0.1) is 5.10 Å². The van der Waals surface area contributed by atoms with Crippen molar-refractivity contribution in [2.24, 2.45) is 0 Å². The molecule has 1 fully saturated rings. The number of aromatic amines is 1. The lowest BCUT2D eigenvalue weighted by molar-refractivity contribution is 0.376. The second-order valence-corrected chi connectivity index (χ2v) is 3.49. The highest BCUT2D eigenvalue weighted by atomic mass is 15.3. The normalized spacial score (nSPS) is 30.4. The van der Waals surface area contributed by atoms with Gasteiger partial charge in [-0.05, 0) is 26.3 Å². The average molecular weight is 166 g/mol. The summed E-state index contributed by atoms with van der Waals surface area (Å²) in [6, 6.07) is 0.618. The van der Waals surface area contributed by atoms with Crippen molar-refractivity contribution >= 4 is 0 Å². The van der Waals surface area contributed by atoms with Crippen LogP contribution in [0.25, 0.3) is 0 Å². The van der Waals surface area contributed by atoms with Crippen LogP contribution in [0.1, 0.15) is 31.4 Å². The molecule has 0 saturated carbocycles. The first kappa shape index (κ1) is 7.73. The van der Waals surface area contributed by atoms with Crippen molar-refractivity contribution in [2.75, 3.05) is 6.54 Å². The molecule has 4 heteroatoms. The Labute approximate surface area is 71.8 Å². The van der Waals surface area contributed by atoms with Crippen molar-refractivity contribution in [3.05, 3.63) is 11.9 Å². The zero-order valence-electron chi connectivity index (χ0n) is 7.25. The lowest BCUT2D eigenvalue weighted by Crippen LogP contribution is -2.34. The lowest BCUT2D eigenvalue weighted by atomic mass is 9.91. The van der Waals surface area contributed by atoms with E-state index in [1.165, 1.54) is 18.5 Å². The van der Waals surface area contributed by atoms with Crippen LogP contribution in [0.15, 0.2) is 6.20 Å². The van der Waals surface area contributed by atoms with Gasteiger partial charge < -0.3 is 5.32 Å². The van der Waals surface area contributed by atoms with Crippen molar-refractivity contribution in [1.29, 1.82) is 0 Å². The largest absolute Gasteiger partial charge is 0.314 e. The van der Waals surface area contributed by atoms with Gasteiger partial charge in [-0.1, -0.05) is 5.21 Å². The highest BCUT2D eigenvalue weighted by Crippen LogP contribution is 2.24. The third kappa shape index (κ3) is 1.48. The minimum Gasteiger partial charge on any atom is -0.314 e. The van der Waals surface area contributed by atoms with Crippen LogP contribution >= 0.6 is 0 Å². The van der Waals surface area contributed by atoms with Gasteiger partial charge in [0.15, 0.2) is 0 Å². The SMILES string of the molecule is CC1CC(c2cnn[nH]2)CCN1. The van der Waals surface area contributed by atoms with Gasteiger partial charge >= 0.3 is 0 Å². The molecule has 0 radical (unpaired) electrons. The van der Waals surface area contributed by atoms with Crippen molar-refractivity contribution in [2.45, 2.75) is 31.7 Å². The minimum absolute atomic E-state index is 0.618. The van der Waals surface area contributed by atoms with Crippen LogP contribution in [-0.2, 0) is 0 Å². The number of H-pyrrole nitrogens is 1. The Morgan fingerprint density at radius 2 is 2.50 bits per heavy atom. The number of hydrogen-bond donors (Lipinski definition) is 2. The summed E-state index contributed by atoms with van der Waals surface area (Å²) in [5.41, 5.74) is 1.18. The summed E-state index contributed by atoms with van der Waals surface area (Å²) in [5, 5.41) is 13.9. The van der Waals surface area contributed by atoms with Crippen molar-refractivity contribution in [3.8, 4) is 0 Å². The van der Waals surface area contributed by atoms with Crippen LogP contribution in [-0.4, -0.2) is 28.0 Å². The first-order valence-corrected chi connectivity index (χ1v) is 4.45. The van der Waals surface area contributed by atoms with E-state index in [1.807, 2.05) is 6.20 Å². The van der Waals surface area contributed by atoms with E-state index in [4.69, 9.17) is 0 Å². The smallest absolute Gasteiger partial charge is 0.0725 e. The van der Waals surface area contributed by atoms with Gasteiger partial charge in [-0.25, -0.2) is 0 Å². The van der Waals surface area contributed by atoms with Gasteiger partial charge in [0.05, 0.1) is 11.9 Å². The molecule has 66 valence electrons. The average Bonchev–Trinajstić information content (AvgIpc) is 2.56. The predicted molar refractivity (Wildman–Crippen MR) is 45.8 cm³/mol. The van der Waals surface area contributed by atoms with E-state index >= 15 is 0 Å². The Kier molecular flexibility index (Phi) is 2.08. The fourth-order valence-electron chi connectivity index (χ4n) is 1.82. The Balaban J connectivity index is 2.04. The molecule has 2 rings (SSSR count). The first-order chi connectivity index (χ1) is 5.86. The topological polar surface area (TPSA) is 53.6 Å². The summed E-state index contributed by atoms with van der Waals surface area (Å²) in [7, 11) is 0. The molecule has 1 aromatic rings. The standard InChI is InChI=1S/C8H14N4/c1-6-4-7(2-3-9-6)8-5-10-12-11-8/h5-7,9H,2-4H2,1H3,(H,10,11,12). The number of hydrogen-bond acceptors (Lipinski definition) is 3. The number of rotatable bonds is 1. The molecule has 2 heterocycles. The van der Waals surface area contributed by atoms with Gasteiger partial charge in [-0.2, -0.15) is 0 Å². The Morgan fingerprint density at radius 1 is 1.58 bits per heavy atom. The number of nitrogens with zero attached hydrogens (tertiary/aromatic N) is 2. The second-order valence-electron chi connectivity index (χ2n) is 3.49. The molecular formula is C8H14N4. The molecule has 1 aromatic heterocycles. The summed E-state index contributed by atoms with van der Waals surface area (Å²) >= 11 is 0. The Bertz CT molecular complexity index is 231. The molecule has 4 nitrogen and oxygen atoms in total. The maximum Gasteiger partial charge on any atom is 0.0725 e. The lowest BCUT2D eigenvalue weighted by Gasteiger charge is -2.26. The van der Waals surface area contributed by atoms with Crippen LogP contribution < -0.4 is 5.32 Å². The van der Waals surface area contributed by atoms with E-state index in [-0.39, 0.29) is 0 Å². The molecule has 1 saturated heterocycles. The van der Waals surface area contributed by atoms with Gasteiger partial charge in [0, 0.05) is 12.0 Å². The van der Waals surface area contributed by atoms with E-state index in [9.17, 15) is 0 Å². The van der Waals surface area contributed by atoms with Crippen molar-refractivity contribution < 1.29 is 0 Å². The molecule has 2 N–H and O–H groups in total. The van der Waals surface area contributed by atoms with E-state index < -0.39 is 0 Å². The van der Waals surface area contributed by atoms with Gasteiger partial charge in [0.1, 0.15) is 0 Å². The second kappa shape index (κ2) is 3.23. The molecule has 2 unspecified atom stereocenters. The van der Waals surface area contributed by atoms with Crippen LogP contribution in [0, 0.1) is 0 Å². The van der Waals surface area contributed by atoms with E-state index in [0.717, 1.165) is 6.54 Å². The molecular weight excluding hydrogens is 152 g/mol. The maximum absolute atomic E-state index is 3.80. The zero-order chi connectivity index (χ0) is 8.39. The molecule has 12 heavy (non-hydrogen) atoms. The first-order valence-electron chi connectivity index (χ1n) is 4.45. The van der Waals surface area contributed by atoms with Crippen LogP contribution in [0.3, 0.4) is 0 Å². The molecule has 0 amide bonds. The summed E-state index contributed by atoms with van der Waals surface area (Å²) in [6.45, 7) is 3.32. The molecule has 2 atom stereocenters. The Hall–Kier alpha value is -0.900. The third-order valence-corrected chi connectivity index (χ3v) is 2.50. The molecule has 0 aliphatic carbocycles. The highest BCUT2D eigenvalue weighted by Gasteiger charge is 2.20. The van der Waals surface area contributed by atoms with Gasteiger partial charge in [-0.3, -0.25) is 5.10 Å². The summed E-state index contributed by atoms with van der Waals surface area (Å²) in [4.78, 5) is 0. The van der Waals surface area contributed by atoms with Crippen LogP contribution in [0.2, 0.25) is 0 Å². The summed E-state index contributed by atoms with van der Waals surface area (Å²) < 4.78 is 0. The highest BCUT2D eigenvalue weighted by molar-refractivity contribution is 5.03. The summed E-state index contributed by atoms with van der Waals surface area (Å²) in [5.74, 6) is 0.622. The molecule has 0 aromatic carbocycles. The fraction of sp³-hybridized carbons (Fsp3) is 0.750. The van der Waals surface area contributed by atoms with E-state index in [2.05, 4.69) is 27.7 Å². The number of nitrogens with one attached hydrogen (secondary N) is 2. The minimum atomic E-state index is 0.618. The quantitative estimate of drug-likeness (QED) is 0.644. The van der Waals surface area contributed by atoms with Crippen LogP contribution in [0.5, 0.6) is 0 Å². The monoisotopic (exact) mass is 166 g/mol. The third-order valence-electron chi connectivity index (χ3n) is 2.50. The zero-order valence-corrected chi connectivity index (χ0v) is 7.25. The van der Waals surface area contributed by atoms with Gasteiger partial charge in [0.25, 0.3) is 0 Å². The summed E-state index contributed by atoms with van der Waals surface area (Å²) in [6.07, 6.45) is 4.21. The number of aromatic nitrogens is 3. The maximum atomic E-state index is 3.80. The van der Waals surface area contributed by atoms with Crippen molar-refractivity contribution in [1.82, 2.24) is 20.7 Å². The van der Waals surface area contributed by atoms with E-state index in [0.29, 0.717) is 12.0 Å². The Morgan fingerprint density at radius 3 is 3.17 bits per heavy atom. The van der Waals surface area contributed by atoms with Crippen molar-refractivity contribution in [3.63, 3.8) is 0 Å². The molecule has 0 bridgehead atoms. The fourth-order valence-corrected chi connectivity index (χ4v) is 1.82. The number of piperidine rings is 1. The predicted octanol–water partition coefficient (Wildman–Crippen LogP) is 0.660. The van der Waals surface area contributed by atoms with Crippen LogP contribution in [0.4, 0.5) is 0 Å². The molecule has 1 aliphatic heterocycles. The van der Waals surface area contributed by atoms with Gasteiger partial charge in [0.2, 0.25) is 0 Å².